The number of hydrogen-bond acceptors (Lipinski definition) is 3. The molecular formula is C14H10BrNO4. The van der Waals surface area contributed by atoms with E-state index in [0.29, 0.717) is 10.2 Å². The van der Waals surface area contributed by atoms with Crippen molar-refractivity contribution in [2.75, 3.05) is 5.32 Å². The van der Waals surface area contributed by atoms with Gasteiger partial charge in [0.05, 0.1) is 5.56 Å². The summed E-state index contributed by atoms with van der Waals surface area (Å²) in [7, 11) is 0. The number of carboxylic acids is 1. The zero-order valence-corrected chi connectivity index (χ0v) is 11.7. The predicted octanol–water partition coefficient (Wildman–Crippen LogP) is 3.11. The number of halogens is 1. The Morgan fingerprint density at radius 1 is 1.10 bits per heavy atom. The highest BCUT2D eigenvalue weighted by Crippen LogP contribution is 2.22. The van der Waals surface area contributed by atoms with Gasteiger partial charge in [-0.05, 0) is 52.3 Å². The minimum absolute atomic E-state index is 0.0142. The Hall–Kier alpha value is -2.34. The molecule has 0 heterocycles. The lowest BCUT2D eigenvalue weighted by Gasteiger charge is -2.07. The molecule has 6 heteroatoms. The van der Waals surface area contributed by atoms with E-state index >= 15 is 0 Å². The van der Waals surface area contributed by atoms with Gasteiger partial charge in [0, 0.05) is 15.7 Å². The summed E-state index contributed by atoms with van der Waals surface area (Å²) in [4.78, 5) is 22.9. The minimum atomic E-state index is -1.09. The Labute approximate surface area is 123 Å². The summed E-state index contributed by atoms with van der Waals surface area (Å²) in [5.74, 6) is -1.54. The monoisotopic (exact) mass is 335 g/mol. The highest BCUT2D eigenvalue weighted by Gasteiger charge is 2.11. The molecule has 0 saturated heterocycles. The van der Waals surface area contributed by atoms with E-state index in [1.54, 1.807) is 24.3 Å². The van der Waals surface area contributed by atoms with Gasteiger partial charge < -0.3 is 15.5 Å². The van der Waals surface area contributed by atoms with E-state index in [-0.39, 0.29) is 16.9 Å². The first kappa shape index (κ1) is 14.1. The van der Waals surface area contributed by atoms with Gasteiger partial charge in [-0.2, -0.15) is 0 Å². The molecule has 0 saturated carbocycles. The number of carboxylic acid groups (broad SMARTS) is 1. The van der Waals surface area contributed by atoms with Crippen molar-refractivity contribution < 1.29 is 19.8 Å². The molecule has 2 aromatic rings. The maximum Gasteiger partial charge on any atom is 0.336 e. The second-order valence-electron chi connectivity index (χ2n) is 4.00. The van der Waals surface area contributed by atoms with Crippen LogP contribution in [-0.2, 0) is 0 Å². The average Bonchev–Trinajstić information content (AvgIpc) is 2.40. The number of benzene rings is 2. The van der Waals surface area contributed by atoms with Gasteiger partial charge in [-0.25, -0.2) is 4.79 Å². The number of carbonyl (C=O) groups is 2. The van der Waals surface area contributed by atoms with Crippen molar-refractivity contribution >= 4 is 33.5 Å². The molecule has 0 aliphatic rings. The van der Waals surface area contributed by atoms with Crippen LogP contribution in [0.2, 0.25) is 0 Å². The molecule has 0 aliphatic carbocycles. The summed E-state index contributed by atoms with van der Waals surface area (Å²) in [5.41, 5.74) is 0.697. The zero-order valence-electron chi connectivity index (χ0n) is 10.1. The topological polar surface area (TPSA) is 86.6 Å². The Morgan fingerprint density at radius 3 is 2.50 bits per heavy atom. The van der Waals surface area contributed by atoms with Gasteiger partial charge in [-0.15, -0.1) is 0 Å². The lowest BCUT2D eigenvalue weighted by atomic mass is 10.1. The van der Waals surface area contributed by atoms with Crippen LogP contribution < -0.4 is 5.32 Å². The van der Waals surface area contributed by atoms with E-state index in [2.05, 4.69) is 21.2 Å². The van der Waals surface area contributed by atoms with Crippen LogP contribution in [0.5, 0.6) is 5.75 Å². The normalized spacial score (nSPS) is 10.1. The molecule has 0 aromatic heterocycles. The quantitative estimate of drug-likeness (QED) is 0.804. The molecule has 2 rings (SSSR count). The smallest absolute Gasteiger partial charge is 0.336 e. The Balaban J connectivity index is 2.24. The number of carbonyl (C=O) groups excluding carboxylic acids is 1. The lowest BCUT2D eigenvalue weighted by molar-refractivity contribution is 0.0695. The molecular weight excluding hydrogens is 326 g/mol. The summed E-state index contributed by atoms with van der Waals surface area (Å²) < 4.78 is 0.431. The number of aromatic hydroxyl groups is 1. The first-order chi connectivity index (χ1) is 9.47. The highest BCUT2D eigenvalue weighted by atomic mass is 79.9. The van der Waals surface area contributed by atoms with Gasteiger partial charge in [0.15, 0.2) is 0 Å². The number of hydrogen-bond donors (Lipinski definition) is 3. The first-order valence-corrected chi connectivity index (χ1v) is 6.40. The molecule has 2 aromatic carbocycles. The fourth-order valence-electron chi connectivity index (χ4n) is 1.62. The van der Waals surface area contributed by atoms with Crippen LogP contribution in [0, 0.1) is 0 Å². The molecule has 20 heavy (non-hydrogen) atoms. The van der Waals surface area contributed by atoms with Crippen LogP contribution in [0.1, 0.15) is 20.7 Å². The largest absolute Gasteiger partial charge is 0.508 e. The number of phenolic OH excluding ortho intramolecular Hbond substituents is 1. The third-order valence-electron chi connectivity index (χ3n) is 2.56. The van der Waals surface area contributed by atoms with E-state index in [0.717, 1.165) is 0 Å². The van der Waals surface area contributed by atoms with E-state index in [4.69, 9.17) is 5.11 Å². The number of anilines is 1. The Kier molecular flexibility index (Phi) is 4.05. The summed E-state index contributed by atoms with van der Waals surface area (Å²) in [6.07, 6.45) is 0. The molecule has 5 nitrogen and oxygen atoms in total. The van der Waals surface area contributed by atoms with Crippen LogP contribution in [0.3, 0.4) is 0 Å². The van der Waals surface area contributed by atoms with Crippen molar-refractivity contribution in [1.82, 2.24) is 0 Å². The fourth-order valence-corrected chi connectivity index (χ4v) is 2.03. The van der Waals surface area contributed by atoms with Crippen LogP contribution in [0.4, 0.5) is 5.69 Å². The summed E-state index contributed by atoms with van der Waals surface area (Å²) >= 11 is 3.13. The third kappa shape index (κ3) is 3.16. The van der Waals surface area contributed by atoms with Crippen molar-refractivity contribution in [1.29, 1.82) is 0 Å². The standard InChI is InChI=1S/C14H10BrNO4/c15-12-5-4-9(7-11(12)14(19)20)16-13(18)8-2-1-3-10(17)6-8/h1-7,17H,(H,16,18)(H,19,20). The SMILES string of the molecule is O=C(Nc1ccc(Br)c(C(=O)O)c1)c1cccc(O)c1. The maximum atomic E-state index is 12.0. The van der Waals surface area contributed by atoms with Crippen molar-refractivity contribution in [2.24, 2.45) is 0 Å². The second kappa shape index (κ2) is 5.75. The van der Waals surface area contributed by atoms with Crippen molar-refractivity contribution in [3.63, 3.8) is 0 Å². The lowest BCUT2D eigenvalue weighted by Crippen LogP contribution is -2.12. The van der Waals surface area contributed by atoms with Crippen molar-refractivity contribution in [3.05, 3.63) is 58.1 Å². The van der Waals surface area contributed by atoms with Gasteiger partial charge >= 0.3 is 5.97 Å². The summed E-state index contributed by atoms with van der Waals surface area (Å²) in [5, 5.41) is 20.9. The molecule has 0 aliphatic heterocycles. The molecule has 3 N–H and O–H groups in total. The molecule has 0 radical (unpaired) electrons. The van der Waals surface area contributed by atoms with Gasteiger partial charge in [0.2, 0.25) is 0 Å². The Bertz CT molecular complexity index is 685. The number of nitrogens with one attached hydrogen (secondary N) is 1. The van der Waals surface area contributed by atoms with E-state index in [9.17, 15) is 14.7 Å². The highest BCUT2D eigenvalue weighted by molar-refractivity contribution is 9.10. The van der Waals surface area contributed by atoms with E-state index in [1.165, 1.54) is 18.2 Å². The molecule has 1 amide bonds. The molecule has 0 spiro atoms. The first-order valence-electron chi connectivity index (χ1n) is 5.60. The van der Waals surface area contributed by atoms with Crippen molar-refractivity contribution in [2.45, 2.75) is 0 Å². The summed E-state index contributed by atoms with van der Waals surface area (Å²) in [6.45, 7) is 0. The molecule has 0 bridgehead atoms. The number of aromatic carboxylic acids is 1. The predicted molar refractivity (Wildman–Crippen MR) is 77.2 cm³/mol. The Morgan fingerprint density at radius 2 is 1.85 bits per heavy atom. The van der Waals surface area contributed by atoms with Crippen LogP contribution in [0.25, 0.3) is 0 Å². The van der Waals surface area contributed by atoms with Gasteiger partial charge in [-0.3, -0.25) is 4.79 Å². The second-order valence-corrected chi connectivity index (χ2v) is 4.86. The van der Waals surface area contributed by atoms with Gasteiger partial charge in [0.25, 0.3) is 5.91 Å². The van der Waals surface area contributed by atoms with E-state index < -0.39 is 11.9 Å². The van der Waals surface area contributed by atoms with E-state index in [1.807, 2.05) is 0 Å². The van der Waals surface area contributed by atoms with Crippen LogP contribution in [0.15, 0.2) is 46.9 Å². The van der Waals surface area contributed by atoms with Crippen LogP contribution >= 0.6 is 15.9 Å². The minimum Gasteiger partial charge on any atom is -0.508 e. The third-order valence-corrected chi connectivity index (χ3v) is 3.25. The molecule has 0 fully saturated rings. The zero-order chi connectivity index (χ0) is 14.7. The molecule has 102 valence electrons. The number of rotatable bonds is 3. The molecule has 0 atom stereocenters. The molecule has 0 unspecified atom stereocenters. The van der Waals surface area contributed by atoms with Gasteiger partial charge in [-0.1, -0.05) is 6.07 Å². The van der Waals surface area contributed by atoms with Crippen LogP contribution in [-0.4, -0.2) is 22.1 Å². The average molecular weight is 336 g/mol. The van der Waals surface area contributed by atoms with Gasteiger partial charge in [0.1, 0.15) is 5.75 Å². The number of phenols is 1. The fraction of sp³-hybridized carbons (Fsp3) is 0. The summed E-state index contributed by atoms with van der Waals surface area (Å²) in [6, 6.07) is 10.4. The maximum absolute atomic E-state index is 12.0. The van der Waals surface area contributed by atoms with Crippen molar-refractivity contribution in [3.8, 4) is 5.75 Å². The number of amides is 1.